The molecule has 1 aliphatic carbocycles. The zero-order chi connectivity index (χ0) is 28.7. The van der Waals surface area contributed by atoms with E-state index in [1.807, 2.05) is 39.0 Å². The normalized spacial score (nSPS) is 14.7. The van der Waals surface area contributed by atoms with Gasteiger partial charge in [0.25, 0.3) is 0 Å². The van der Waals surface area contributed by atoms with E-state index >= 15 is 0 Å². The van der Waals surface area contributed by atoms with Gasteiger partial charge in [0.1, 0.15) is 6.04 Å². The van der Waals surface area contributed by atoms with Gasteiger partial charge in [-0.25, -0.2) is 8.42 Å². The van der Waals surface area contributed by atoms with Gasteiger partial charge in [-0.1, -0.05) is 61.2 Å². The molecule has 1 fully saturated rings. The molecule has 1 aliphatic rings. The molecule has 3 rings (SSSR count). The van der Waals surface area contributed by atoms with E-state index in [9.17, 15) is 18.0 Å². The number of benzene rings is 2. The van der Waals surface area contributed by atoms with Gasteiger partial charge in [0.2, 0.25) is 21.8 Å². The summed E-state index contributed by atoms with van der Waals surface area (Å²) in [4.78, 5) is 28.6. The molecule has 2 amide bonds. The van der Waals surface area contributed by atoms with Gasteiger partial charge in [-0.15, -0.1) is 0 Å². The fourth-order valence-corrected chi connectivity index (χ4v) is 6.43. The van der Waals surface area contributed by atoms with Crippen molar-refractivity contribution in [3.63, 3.8) is 0 Å². The van der Waals surface area contributed by atoms with Crippen molar-refractivity contribution in [1.29, 1.82) is 0 Å². The number of carbonyl (C=O) groups excluding carboxylic acids is 2. The first-order chi connectivity index (χ1) is 18.4. The molecule has 1 atom stereocenters. The van der Waals surface area contributed by atoms with Gasteiger partial charge in [-0.05, 0) is 74.4 Å². The molecule has 1 saturated carbocycles. The number of hydrogen-bond donors (Lipinski definition) is 1. The van der Waals surface area contributed by atoms with E-state index in [1.165, 1.54) is 10.6 Å². The van der Waals surface area contributed by atoms with Gasteiger partial charge in [0.15, 0.2) is 0 Å². The van der Waals surface area contributed by atoms with Crippen LogP contribution in [-0.4, -0.2) is 50.0 Å². The average Bonchev–Trinajstić information content (AvgIpc) is 3.37. The molecule has 0 unspecified atom stereocenters. The number of anilines is 1. The molecular formula is C29H39Cl2N3O4S. The summed E-state index contributed by atoms with van der Waals surface area (Å²) in [5, 5.41) is 3.92. The number of nitrogens with one attached hydrogen (secondary N) is 1. The predicted octanol–water partition coefficient (Wildman–Crippen LogP) is 6.02. The topological polar surface area (TPSA) is 86.8 Å². The molecule has 0 aromatic heterocycles. The van der Waals surface area contributed by atoms with E-state index < -0.39 is 16.1 Å². The largest absolute Gasteiger partial charge is 0.352 e. The van der Waals surface area contributed by atoms with Gasteiger partial charge < -0.3 is 10.2 Å². The van der Waals surface area contributed by atoms with Crippen molar-refractivity contribution in [3.05, 3.63) is 63.1 Å². The second-order valence-electron chi connectivity index (χ2n) is 10.4. The second-order valence-corrected chi connectivity index (χ2v) is 13.1. The summed E-state index contributed by atoms with van der Waals surface area (Å²) in [6.45, 7) is 6.01. The van der Waals surface area contributed by atoms with Gasteiger partial charge in [-0.2, -0.15) is 0 Å². The Morgan fingerprint density at radius 2 is 1.74 bits per heavy atom. The van der Waals surface area contributed by atoms with Crippen LogP contribution in [0.25, 0.3) is 0 Å². The SMILES string of the molecule is CC[C@H](C(=O)NC1CCCC1)N(Cc1ccc(Cl)c(Cl)c1)C(=O)CCCN(c1cc(C)ccc1C)S(C)(=O)=O. The van der Waals surface area contributed by atoms with Crippen LogP contribution in [0.1, 0.15) is 68.6 Å². The van der Waals surface area contributed by atoms with Crippen LogP contribution >= 0.6 is 23.2 Å². The minimum Gasteiger partial charge on any atom is -0.352 e. The van der Waals surface area contributed by atoms with Gasteiger partial charge in [0, 0.05) is 25.6 Å². The molecule has 214 valence electrons. The molecule has 10 heteroatoms. The summed E-state index contributed by atoms with van der Waals surface area (Å²) in [7, 11) is -3.56. The summed E-state index contributed by atoms with van der Waals surface area (Å²) in [6.07, 6.45) is 6.08. The number of sulfonamides is 1. The monoisotopic (exact) mass is 595 g/mol. The van der Waals surface area contributed by atoms with Crippen molar-refractivity contribution in [2.45, 2.75) is 84.3 Å². The lowest BCUT2D eigenvalue weighted by Crippen LogP contribution is -2.51. The number of aryl methyl sites for hydroxylation is 2. The van der Waals surface area contributed by atoms with Crippen LogP contribution in [0, 0.1) is 13.8 Å². The Balaban J connectivity index is 1.80. The molecule has 0 bridgehead atoms. The number of amides is 2. The van der Waals surface area contributed by atoms with Crippen LogP contribution in [0.5, 0.6) is 0 Å². The third kappa shape index (κ3) is 8.60. The minimum absolute atomic E-state index is 0.0887. The lowest BCUT2D eigenvalue weighted by atomic mass is 10.1. The zero-order valence-electron chi connectivity index (χ0n) is 23.2. The highest BCUT2D eigenvalue weighted by Gasteiger charge is 2.31. The Morgan fingerprint density at radius 1 is 1.05 bits per heavy atom. The molecule has 1 N–H and O–H groups in total. The Morgan fingerprint density at radius 3 is 2.36 bits per heavy atom. The molecule has 2 aromatic rings. The van der Waals surface area contributed by atoms with E-state index in [0.717, 1.165) is 42.4 Å². The molecule has 2 aromatic carbocycles. The van der Waals surface area contributed by atoms with Crippen LogP contribution < -0.4 is 9.62 Å². The number of hydrogen-bond acceptors (Lipinski definition) is 4. The first kappa shape index (κ1) is 31.2. The van der Waals surface area contributed by atoms with Crippen molar-refractivity contribution >= 4 is 50.7 Å². The second kappa shape index (κ2) is 13.9. The smallest absolute Gasteiger partial charge is 0.243 e. The van der Waals surface area contributed by atoms with Crippen molar-refractivity contribution in [1.82, 2.24) is 10.2 Å². The standard InChI is InChI=1S/C29H39Cl2N3O4S/c1-5-26(29(36)32-23-9-6-7-10-23)33(19-22-14-15-24(30)25(31)18-22)28(35)11-8-16-34(39(4,37)38)27-17-20(2)12-13-21(27)3/h12-15,17-18,23,26H,5-11,16,19H2,1-4H3,(H,32,36)/t26-/m1/s1. The predicted molar refractivity (Wildman–Crippen MR) is 159 cm³/mol. The Hall–Kier alpha value is -2.29. The van der Waals surface area contributed by atoms with E-state index in [2.05, 4.69) is 5.32 Å². The number of nitrogens with zero attached hydrogens (tertiary/aromatic N) is 2. The summed E-state index contributed by atoms with van der Waals surface area (Å²) >= 11 is 12.3. The summed E-state index contributed by atoms with van der Waals surface area (Å²) in [6, 6.07) is 10.3. The van der Waals surface area contributed by atoms with Crippen molar-refractivity contribution in [2.24, 2.45) is 0 Å². The maximum absolute atomic E-state index is 13.6. The quantitative estimate of drug-likeness (QED) is 0.325. The van der Waals surface area contributed by atoms with Crippen molar-refractivity contribution < 1.29 is 18.0 Å². The Bertz CT molecular complexity index is 1280. The van der Waals surface area contributed by atoms with Gasteiger partial charge in [0.05, 0.1) is 22.0 Å². The van der Waals surface area contributed by atoms with Crippen molar-refractivity contribution in [2.75, 3.05) is 17.1 Å². The Labute approximate surface area is 242 Å². The molecule has 0 radical (unpaired) electrons. The summed E-state index contributed by atoms with van der Waals surface area (Å²) < 4.78 is 26.7. The number of halogens is 2. The third-order valence-corrected chi connectivity index (χ3v) is 9.13. The maximum Gasteiger partial charge on any atom is 0.243 e. The molecular weight excluding hydrogens is 557 g/mol. The third-order valence-electron chi connectivity index (χ3n) is 7.21. The molecule has 7 nitrogen and oxygen atoms in total. The summed E-state index contributed by atoms with van der Waals surface area (Å²) in [5.41, 5.74) is 3.17. The highest BCUT2D eigenvalue weighted by Crippen LogP contribution is 2.26. The fraction of sp³-hybridized carbons (Fsp3) is 0.517. The van der Waals surface area contributed by atoms with E-state index in [4.69, 9.17) is 23.2 Å². The average molecular weight is 597 g/mol. The Kier molecular flexibility index (Phi) is 11.1. The van der Waals surface area contributed by atoms with E-state index in [1.54, 1.807) is 23.1 Å². The molecule has 0 spiro atoms. The molecule has 39 heavy (non-hydrogen) atoms. The van der Waals surface area contributed by atoms with Gasteiger partial charge in [-0.3, -0.25) is 13.9 Å². The number of carbonyl (C=O) groups is 2. The van der Waals surface area contributed by atoms with Gasteiger partial charge >= 0.3 is 0 Å². The summed E-state index contributed by atoms with van der Waals surface area (Å²) in [5.74, 6) is -0.380. The van der Waals surface area contributed by atoms with E-state index in [-0.39, 0.29) is 37.4 Å². The van der Waals surface area contributed by atoms with Crippen LogP contribution in [0.3, 0.4) is 0 Å². The lowest BCUT2D eigenvalue weighted by molar-refractivity contribution is -0.141. The molecule has 0 saturated heterocycles. The lowest BCUT2D eigenvalue weighted by Gasteiger charge is -2.32. The molecule has 0 heterocycles. The molecule has 0 aliphatic heterocycles. The van der Waals surface area contributed by atoms with Crippen LogP contribution in [-0.2, 0) is 26.2 Å². The van der Waals surface area contributed by atoms with Crippen LogP contribution in [0.2, 0.25) is 10.0 Å². The van der Waals surface area contributed by atoms with Crippen molar-refractivity contribution in [3.8, 4) is 0 Å². The highest BCUT2D eigenvalue weighted by molar-refractivity contribution is 7.92. The fourth-order valence-electron chi connectivity index (χ4n) is 5.09. The van der Waals surface area contributed by atoms with E-state index in [0.29, 0.717) is 28.6 Å². The zero-order valence-corrected chi connectivity index (χ0v) is 25.5. The van der Waals surface area contributed by atoms with Crippen LogP contribution in [0.15, 0.2) is 36.4 Å². The first-order valence-electron chi connectivity index (χ1n) is 13.5. The van der Waals surface area contributed by atoms with Crippen LogP contribution in [0.4, 0.5) is 5.69 Å². The first-order valence-corrected chi connectivity index (χ1v) is 16.1. The minimum atomic E-state index is -3.56. The number of rotatable bonds is 12. The maximum atomic E-state index is 13.6. The highest BCUT2D eigenvalue weighted by atomic mass is 35.5.